The normalized spacial score (nSPS) is 10.6. The lowest BCUT2D eigenvalue weighted by Gasteiger charge is -2.10. The lowest BCUT2D eigenvalue weighted by Crippen LogP contribution is -2.07. The molecule has 0 bridgehead atoms. The number of aliphatic carboxylic acids is 1. The first-order chi connectivity index (χ1) is 7.45. The minimum atomic E-state index is -2.75. The van der Waals surface area contributed by atoms with Crippen LogP contribution in [0.25, 0.3) is 0 Å². The lowest BCUT2D eigenvalue weighted by atomic mass is 10.2. The van der Waals surface area contributed by atoms with E-state index in [1.54, 1.807) is 0 Å². The maximum Gasteiger partial charge on any atom is 0.309 e. The van der Waals surface area contributed by atoms with Crippen LogP contribution < -0.4 is 4.74 Å². The summed E-state index contributed by atoms with van der Waals surface area (Å²) in [5.74, 6) is -1.00. The molecule has 0 saturated heterocycles. The quantitative estimate of drug-likeness (QED) is 0.927. The summed E-state index contributed by atoms with van der Waals surface area (Å²) in [4.78, 5) is 14.1. The van der Waals surface area contributed by atoms with Crippen LogP contribution in [-0.4, -0.2) is 23.2 Å². The minimum Gasteiger partial charge on any atom is -0.494 e. The number of aromatic nitrogens is 1. The average Bonchev–Trinajstić information content (AvgIpc) is 2.16. The number of alkyl halides is 2. The van der Waals surface area contributed by atoms with Gasteiger partial charge in [-0.05, 0) is 22.0 Å². The molecule has 16 heavy (non-hydrogen) atoms. The zero-order chi connectivity index (χ0) is 12.3. The molecule has 1 N–H and O–H groups in total. The number of carbonyl (C=O) groups is 1. The second-order valence-electron chi connectivity index (χ2n) is 2.88. The number of carboxylic acid groups (broad SMARTS) is 1. The van der Waals surface area contributed by atoms with Crippen molar-refractivity contribution in [1.29, 1.82) is 0 Å². The molecule has 0 fully saturated rings. The Bertz CT molecular complexity index is 412. The van der Waals surface area contributed by atoms with E-state index in [4.69, 9.17) is 9.84 Å². The van der Waals surface area contributed by atoms with Gasteiger partial charge in [-0.2, -0.15) is 0 Å². The highest BCUT2D eigenvalue weighted by molar-refractivity contribution is 9.10. The van der Waals surface area contributed by atoms with Gasteiger partial charge < -0.3 is 9.84 Å². The second kappa shape index (κ2) is 5.20. The second-order valence-corrected chi connectivity index (χ2v) is 3.73. The van der Waals surface area contributed by atoms with Gasteiger partial charge in [-0.1, -0.05) is 0 Å². The molecule has 0 spiro atoms. The SMILES string of the molecule is COc1c(Br)cc(C(F)F)nc1CC(=O)O. The van der Waals surface area contributed by atoms with Gasteiger partial charge in [0.05, 0.1) is 23.7 Å². The van der Waals surface area contributed by atoms with Crippen LogP contribution in [-0.2, 0) is 11.2 Å². The third-order valence-electron chi connectivity index (χ3n) is 1.76. The molecule has 1 aromatic heterocycles. The minimum absolute atomic E-state index is 0.0281. The van der Waals surface area contributed by atoms with Crippen molar-refractivity contribution in [2.24, 2.45) is 0 Å². The van der Waals surface area contributed by atoms with Crippen molar-refractivity contribution in [1.82, 2.24) is 4.98 Å². The van der Waals surface area contributed by atoms with E-state index >= 15 is 0 Å². The van der Waals surface area contributed by atoms with E-state index in [0.29, 0.717) is 0 Å². The standard InChI is InChI=1S/C9H8BrF2NO3/c1-16-8-4(10)2-6(9(11)12)13-5(8)3-7(14)15/h2,9H,3H2,1H3,(H,14,15). The van der Waals surface area contributed by atoms with Crippen molar-refractivity contribution >= 4 is 21.9 Å². The van der Waals surface area contributed by atoms with E-state index in [0.717, 1.165) is 6.07 Å². The Kier molecular flexibility index (Phi) is 4.17. The predicted molar refractivity (Wildman–Crippen MR) is 54.8 cm³/mol. The van der Waals surface area contributed by atoms with E-state index < -0.39 is 24.5 Å². The van der Waals surface area contributed by atoms with Gasteiger partial charge in [-0.25, -0.2) is 13.8 Å². The van der Waals surface area contributed by atoms with E-state index in [1.165, 1.54) is 7.11 Å². The Morgan fingerprint density at radius 2 is 2.31 bits per heavy atom. The highest BCUT2D eigenvalue weighted by Gasteiger charge is 2.18. The fraction of sp³-hybridized carbons (Fsp3) is 0.333. The van der Waals surface area contributed by atoms with Crippen molar-refractivity contribution < 1.29 is 23.4 Å². The zero-order valence-electron chi connectivity index (χ0n) is 8.21. The number of rotatable bonds is 4. The predicted octanol–water partition coefficient (Wildman–Crippen LogP) is 2.42. The third-order valence-corrected chi connectivity index (χ3v) is 2.35. The Morgan fingerprint density at radius 1 is 1.69 bits per heavy atom. The number of nitrogens with zero attached hydrogens (tertiary/aromatic N) is 1. The molecule has 7 heteroatoms. The van der Waals surface area contributed by atoms with Crippen molar-refractivity contribution in [3.8, 4) is 5.75 Å². The Hall–Kier alpha value is -1.24. The first-order valence-corrected chi connectivity index (χ1v) is 4.98. The van der Waals surface area contributed by atoms with Gasteiger partial charge in [-0.15, -0.1) is 0 Å². The monoisotopic (exact) mass is 295 g/mol. The van der Waals surface area contributed by atoms with Gasteiger partial charge in [-0.3, -0.25) is 4.79 Å². The van der Waals surface area contributed by atoms with Crippen LogP contribution >= 0.6 is 15.9 Å². The van der Waals surface area contributed by atoms with Crippen LogP contribution in [0.1, 0.15) is 17.8 Å². The molecule has 1 heterocycles. The molecule has 0 radical (unpaired) electrons. The summed E-state index contributed by atoms with van der Waals surface area (Å²) in [5, 5.41) is 8.61. The molecule has 88 valence electrons. The molecular formula is C9H8BrF2NO3. The summed E-state index contributed by atoms with van der Waals surface area (Å²) < 4.78 is 30.0. The number of methoxy groups -OCH3 is 1. The molecular weight excluding hydrogens is 288 g/mol. The summed E-state index contributed by atoms with van der Waals surface area (Å²) in [6, 6.07) is 1.11. The summed E-state index contributed by atoms with van der Waals surface area (Å²) >= 11 is 3.03. The molecule has 0 aliphatic rings. The van der Waals surface area contributed by atoms with Crippen molar-refractivity contribution in [2.45, 2.75) is 12.8 Å². The molecule has 0 unspecified atom stereocenters. The van der Waals surface area contributed by atoms with E-state index in [1.807, 2.05) is 0 Å². The van der Waals surface area contributed by atoms with Crippen LogP contribution in [0.5, 0.6) is 5.75 Å². The molecule has 4 nitrogen and oxygen atoms in total. The van der Waals surface area contributed by atoms with Gasteiger partial charge in [0.2, 0.25) is 0 Å². The first kappa shape index (κ1) is 12.8. The molecule has 0 aliphatic carbocycles. The molecule has 0 atom stereocenters. The maximum absolute atomic E-state index is 12.4. The molecule has 0 amide bonds. The van der Waals surface area contributed by atoms with Gasteiger partial charge in [0.15, 0.2) is 5.75 Å². The van der Waals surface area contributed by atoms with Crippen molar-refractivity contribution in [3.63, 3.8) is 0 Å². The van der Waals surface area contributed by atoms with Gasteiger partial charge in [0.25, 0.3) is 6.43 Å². The van der Waals surface area contributed by atoms with Gasteiger partial charge in [0.1, 0.15) is 5.69 Å². The van der Waals surface area contributed by atoms with E-state index in [2.05, 4.69) is 20.9 Å². The number of pyridine rings is 1. The highest BCUT2D eigenvalue weighted by atomic mass is 79.9. The molecule has 0 aromatic carbocycles. The average molecular weight is 296 g/mol. The number of hydrogen-bond acceptors (Lipinski definition) is 3. The smallest absolute Gasteiger partial charge is 0.309 e. The third kappa shape index (κ3) is 2.88. The number of carboxylic acids is 1. The highest BCUT2D eigenvalue weighted by Crippen LogP contribution is 2.31. The Balaban J connectivity index is 3.24. The zero-order valence-corrected chi connectivity index (χ0v) is 9.79. The van der Waals surface area contributed by atoms with E-state index in [-0.39, 0.29) is 15.9 Å². The number of hydrogen-bond donors (Lipinski definition) is 1. The summed E-state index contributed by atoms with van der Waals surface area (Å²) in [6.07, 6.45) is -3.22. The van der Waals surface area contributed by atoms with Gasteiger partial charge >= 0.3 is 5.97 Å². The Labute approximate surface area is 98.4 Å². The van der Waals surface area contributed by atoms with Crippen molar-refractivity contribution in [3.05, 3.63) is 21.9 Å². The topological polar surface area (TPSA) is 59.4 Å². The first-order valence-electron chi connectivity index (χ1n) is 4.19. The largest absolute Gasteiger partial charge is 0.494 e. The molecule has 1 aromatic rings. The van der Waals surface area contributed by atoms with Crippen LogP contribution in [0.15, 0.2) is 10.5 Å². The number of halogens is 3. The van der Waals surface area contributed by atoms with Crippen molar-refractivity contribution in [2.75, 3.05) is 7.11 Å². The molecule has 1 rings (SSSR count). The number of ether oxygens (including phenoxy) is 1. The fourth-order valence-corrected chi connectivity index (χ4v) is 1.79. The summed E-state index contributed by atoms with van der Waals surface area (Å²) in [6.45, 7) is 0. The molecule has 0 aliphatic heterocycles. The Morgan fingerprint density at radius 3 is 2.75 bits per heavy atom. The lowest BCUT2D eigenvalue weighted by molar-refractivity contribution is -0.136. The van der Waals surface area contributed by atoms with Crippen LogP contribution in [0, 0.1) is 0 Å². The summed E-state index contributed by atoms with van der Waals surface area (Å²) in [7, 11) is 1.31. The van der Waals surface area contributed by atoms with Crippen LogP contribution in [0.4, 0.5) is 8.78 Å². The van der Waals surface area contributed by atoms with Gasteiger partial charge in [0, 0.05) is 0 Å². The van der Waals surface area contributed by atoms with Crippen LogP contribution in [0.2, 0.25) is 0 Å². The summed E-state index contributed by atoms with van der Waals surface area (Å²) in [5.41, 5.74) is -0.511. The van der Waals surface area contributed by atoms with E-state index in [9.17, 15) is 13.6 Å². The molecule has 0 saturated carbocycles. The maximum atomic E-state index is 12.4. The fourth-order valence-electron chi connectivity index (χ4n) is 1.16. The van der Waals surface area contributed by atoms with Crippen LogP contribution in [0.3, 0.4) is 0 Å².